The molecule has 1 unspecified atom stereocenters. The topological polar surface area (TPSA) is 67.4 Å². The molecule has 2 aromatic carbocycles. The smallest absolute Gasteiger partial charge is 0.279 e. The quantitative estimate of drug-likeness (QED) is 0.846. The van der Waals surface area contributed by atoms with Gasteiger partial charge in [0.05, 0.1) is 0 Å². The van der Waals surface area contributed by atoms with Gasteiger partial charge in [0.1, 0.15) is 5.75 Å². The van der Waals surface area contributed by atoms with Crippen LogP contribution in [0.1, 0.15) is 22.8 Å². The lowest BCUT2D eigenvalue weighted by Gasteiger charge is -2.16. The van der Waals surface area contributed by atoms with E-state index in [1.54, 1.807) is 55.5 Å². The first-order valence-corrected chi connectivity index (χ1v) is 7.43. The Bertz CT molecular complexity index is 704. The minimum atomic E-state index is -0.772. The van der Waals surface area contributed by atoms with Crippen molar-refractivity contribution in [3.8, 4) is 5.75 Å². The van der Waals surface area contributed by atoms with Crippen LogP contribution in [0.5, 0.6) is 5.75 Å². The standard InChI is InChI=1S/C17H17ClN2O3/c1-11-10-14(18)8-9-15(11)23-12(2)16(21)19-20-17(22)13-6-4-3-5-7-13/h3-10,12H,1-2H3,(H,19,21)(H,20,22). The monoisotopic (exact) mass is 332 g/mol. The van der Waals surface area contributed by atoms with Gasteiger partial charge in [0.25, 0.3) is 11.8 Å². The Labute approximate surface area is 139 Å². The third-order valence-electron chi connectivity index (χ3n) is 3.15. The lowest BCUT2D eigenvalue weighted by atomic mass is 10.2. The van der Waals surface area contributed by atoms with Crippen LogP contribution in [0.15, 0.2) is 48.5 Å². The fraction of sp³-hybridized carbons (Fsp3) is 0.176. The molecular formula is C17H17ClN2O3. The van der Waals surface area contributed by atoms with Crippen molar-refractivity contribution in [1.82, 2.24) is 10.9 Å². The molecule has 2 aromatic rings. The van der Waals surface area contributed by atoms with Gasteiger partial charge in [-0.15, -0.1) is 0 Å². The van der Waals surface area contributed by atoms with Gasteiger partial charge < -0.3 is 4.74 Å². The van der Waals surface area contributed by atoms with Crippen molar-refractivity contribution in [3.63, 3.8) is 0 Å². The van der Waals surface area contributed by atoms with Crippen LogP contribution in [-0.4, -0.2) is 17.9 Å². The molecule has 2 rings (SSSR count). The van der Waals surface area contributed by atoms with Gasteiger partial charge in [-0.05, 0) is 49.7 Å². The largest absolute Gasteiger partial charge is 0.481 e. The maximum atomic E-state index is 12.0. The minimum Gasteiger partial charge on any atom is -0.481 e. The zero-order valence-electron chi connectivity index (χ0n) is 12.8. The molecular weight excluding hydrogens is 316 g/mol. The first-order valence-electron chi connectivity index (χ1n) is 7.05. The third-order valence-corrected chi connectivity index (χ3v) is 3.38. The molecule has 120 valence electrons. The number of amides is 2. The van der Waals surface area contributed by atoms with Crippen LogP contribution in [0.2, 0.25) is 5.02 Å². The van der Waals surface area contributed by atoms with Gasteiger partial charge in [-0.2, -0.15) is 0 Å². The van der Waals surface area contributed by atoms with Crippen molar-refractivity contribution in [2.75, 3.05) is 0 Å². The van der Waals surface area contributed by atoms with Crippen LogP contribution >= 0.6 is 11.6 Å². The predicted molar refractivity (Wildman–Crippen MR) is 88.3 cm³/mol. The van der Waals surface area contributed by atoms with E-state index in [0.29, 0.717) is 16.3 Å². The van der Waals surface area contributed by atoms with E-state index in [-0.39, 0.29) is 0 Å². The van der Waals surface area contributed by atoms with E-state index in [4.69, 9.17) is 16.3 Å². The molecule has 0 aliphatic heterocycles. The van der Waals surface area contributed by atoms with Crippen molar-refractivity contribution < 1.29 is 14.3 Å². The lowest BCUT2D eigenvalue weighted by molar-refractivity contribution is -0.128. The number of halogens is 1. The second-order valence-corrected chi connectivity index (χ2v) is 5.42. The molecule has 0 radical (unpaired) electrons. The molecule has 0 saturated carbocycles. The van der Waals surface area contributed by atoms with E-state index in [2.05, 4.69) is 10.9 Å². The highest BCUT2D eigenvalue weighted by atomic mass is 35.5. The van der Waals surface area contributed by atoms with Crippen molar-refractivity contribution in [2.24, 2.45) is 0 Å². The first kappa shape index (κ1) is 16.8. The van der Waals surface area contributed by atoms with Crippen LogP contribution in [0.4, 0.5) is 0 Å². The molecule has 0 saturated heterocycles. The number of carbonyl (C=O) groups excluding carboxylic acids is 2. The second kappa shape index (κ2) is 7.65. The van der Waals surface area contributed by atoms with Gasteiger partial charge >= 0.3 is 0 Å². The van der Waals surface area contributed by atoms with E-state index in [9.17, 15) is 9.59 Å². The normalized spacial score (nSPS) is 11.4. The molecule has 1 atom stereocenters. The summed E-state index contributed by atoms with van der Waals surface area (Å²) in [4.78, 5) is 23.8. The Hall–Kier alpha value is -2.53. The summed E-state index contributed by atoms with van der Waals surface area (Å²) in [6.07, 6.45) is -0.772. The van der Waals surface area contributed by atoms with E-state index in [1.807, 2.05) is 6.92 Å². The van der Waals surface area contributed by atoms with Crippen LogP contribution in [0.3, 0.4) is 0 Å². The molecule has 2 amide bonds. The highest BCUT2D eigenvalue weighted by Gasteiger charge is 2.16. The Kier molecular flexibility index (Phi) is 5.60. The SMILES string of the molecule is Cc1cc(Cl)ccc1OC(C)C(=O)NNC(=O)c1ccccc1. The number of carbonyl (C=O) groups is 2. The number of aryl methyl sites for hydroxylation is 1. The minimum absolute atomic E-state index is 0.395. The lowest BCUT2D eigenvalue weighted by Crippen LogP contribution is -2.47. The fourth-order valence-corrected chi connectivity index (χ4v) is 2.10. The van der Waals surface area contributed by atoms with Crippen molar-refractivity contribution >= 4 is 23.4 Å². The molecule has 0 aliphatic carbocycles. The first-order chi connectivity index (χ1) is 11.0. The van der Waals surface area contributed by atoms with Gasteiger partial charge in [0.15, 0.2) is 6.10 Å². The molecule has 0 bridgehead atoms. The number of nitrogens with one attached hydrogen (secondary N) is 2. The van der Waals surface area contributed by atoms with Crippen LogP contribution in [0.25, 0.3) is 0 Å². The number of rotatable bonds is 4. The molecule has 6 heteroatoms. The maximum Gasteiger partial charge on any atom is 0.279 e. The maximum absolute atomic E-state index is 12.0. The molecule has 0 aromatic heterocycles. The average molecular weight is 333 g/mol. The molecule has 0 spiro atoms. The molecule has 0 aliphatic rings. The van der Waals surface area contributed by atoms with E-state index >= 15 is 0 Å². The highest BCUT2D eigenvalue weighted by Crippen LogP contribution is 2.22. The van der Waals surface area contributed by atoms with Crippen LogP contribution in [-0.2, 0) is 4.79 Å². The number of hydrazine groups is 1. The zero-order chi connectivity index (χ0) is 16.8. The summed E-state index contributed by atoms with van der Waals surface area (Å²) < 4.78 is 5.58. The van der Waals surface area contributed by atoms with E-state index in [0.717, 1.165) is 5.56 Å². The van der Waals surface area contributed by atoms with Gasteiger partial charge in [-0.1, -0.05) is 29.8 Å². The summed E-state index contributed by atoms with van der Waals surface area (Å²) in [7, 11) is 0. The van der Waals surface area contributed by atoms with Crippen LogP contribution < -0.4 is 15.6 Å². The summed E-state index contributed by atoms with van der Waals surface area (Å²) in [5, 5.41) is 0.599. The van der Waals surface area contributed by atoms with Crippen molar-refractivity contribution in [2.45, 2.75) is 20.0 Å². The van der Waals surface area contributed by atoms with Crippen LogP contribution in [0, 0.1) is 6.92 Å². The predicted octanol–water partition coefficient (Wildman–Crippen LogP) is 2.88. The number of benzene rings is 2. The molecule has 23 heavy (non-hydrogen) atoms. The van der Waals surface area contributed by atoms with Crippen molar-refractivity contribution in [1.29, 1.82) is 0 Å². The number of hydrogen-bond donors (Lipinski definition) is 2. The Morgan fingerprint density at radius 1 is 1.09 bits per heavy atom. The fourth-order valence-electron chi connectivity index (χ4n) is 1.87. The molecule has 2 N–H and O–H groups in total. The second-order valence-electron chi connectivity index (χ2n) is 4.98. The highest BCUT2D eigenvalue weighted by molar-refractivity contribution is 6.30. The van der Waals surface area contributed by atoms with E-state index < -0.39 is 17.9 Å². The average Bonchev–Trinajstić information content (AvgIpc) is 2.55. The third kappa shape index (κ3) is 4.72. The summed E-state index contributed by atoms with van der Waals surface area (Å²) in [6, 6.07) is 13.7. The Morgan fingerprint density at radius 2 is 1.78 bits per heavy atom. The Morgan fingerprint density at radius 3 is 2.43 bits per heavy atom. The summed E-state index contributed by atoms with van der Waals surface area (Å²) >= 11 is 5.88. The van der Waals surface area contributed by atoms with Gasteiger partial charge in [0.2, 0.25) is 0 Å². The molecule has 0 fully saturated rings. The zero-order valence-corrected chi connectivity index (χ0v) is 13.6. The van der Waals surface area contributed by atoms with Gasteiger partial charge in [0, 0.05) is 10.6 Å². The number of ether oxygens (including phenoxy) is 1. The summed E-state index contributed by atoms with van der Waals surface area (Å²) in [6.45, 7) is 3.43. The van der Waals surface area contributed by atoms with Crippen molar-refractivity contribution in [3.05, 3.63) is 64.7 Å². The summed E-state index contributed by atoms with van der Waals surface area (Å²) in [5.41, 5.74) is 5.97. The summed E-state index contributed by atoms with van der Waals surface area (Å²) in [5.74, 6) is -0.288. The molecule has 0 heterocycles. The number of hydrogen-bond acceptors (Lipinski definition) is 3. The van der Waals surface area contributed by atoms with E-state index in [1.165, 1.54) is 0 Å². The Balaban J connectivity index is 1.89. The molecule has 5 nitrogen and oxygen atoms in total. The van der Waals surface area contributed by atoms with Gasteiger partial charge in [-0.3, -0.25) is 20.4 Å². The van der Waals surface area contributed by atoms with Gasteiger partial charge in [-0.25, -0.2) is 0 Å².